The van der Waals surface area contributed by atoms with Crippen molar-refractivity contribution >= 4 is 50.6 Å². The van der Waals surface area contributed by atoms with Gasteiger partial charge in [-0.25, -0.2) is 17.4 Å². The van der Waals surface area contributed by atoms with Crippen LogP contribution < -0.4 is 30.9 Å². The van der Waals surface area contributed by atoms with E-state index in [2.05, 4.69) is 5.32 Å². The Morgan fingerprint density at radius 3 is 2.63 bits per heavy atom. The molecule has 0 spiro atoms. The molecule has 1 heterocycles. The average Bonchev–Trinajstić information content (AvgIpc) is 3.31. The fraction of sp³-hybridized carbons (Fsp3) is 0.273. The van der Waals surface area contributed by atoms with Crippen LogP contribution in [0.4, 0.5) is 10.1 Å². The summed E-state index contributed by atoms with van der Waals surface area (Å²) in [7, 11) is -8.77. The summed E-state index contributed by atoms with van der Waals surface area (Å²) in [6.45, 7) is 1.35. The Kier molecular flexibility index (Phi) is 9.80. The summed E-state index contributed by atoms with van der Waals surface area (Å²) in [6, 6.07) is 11.1. The second-order valence-corrected chi connectivity index (χ2v) is 12.8. The molecule has 1 amide bonds. The fourth-order valence-corrected chi connectivity index (χ4v) is 7.23. The third-order valence-corrected chi connectivity index (χ3v) is 9.33. The van der Waals surface area contributed by atoms with Crippen molar-refractivity contribution in [1.82, 2.24) is 10.0 Å². The molecule has 0 aliphatic rings. The summed E-state index contributed by atoms with van der Waals surface area (Å²) >= 11 is 0.944. The van der Waals surface area contributed by atoms with Crippen molar-refractivity contribution in [3.8, 4) is 11.8 Å². The summed E-state index contributed by atoms with van der Waals surface area (Å²) in [5, 5.41) is 12.0. The molecule has 7 N–H and O–H groups in total. The minimum atomic E-state index is -4.56. The number of fused-ring (bicyclic) bond motifs is 1. The molecule has 1 atom stereocenters. The molecular formula is C22H26FN6O6PS2. The van der Waals surface area contributed by atoms with Crippen LogP contribution in [0.1, 0.15) is 5.56 Å². The highest BCUT2D eigenvalue weighted by Crippen LogP contribution is 2.42. The molecule has 38 heavy (non-hydrogen) atoms. The summed E-state index contributed by atoms with van der Waals surface area (Å²) in [5.74, 6) is -1.52. The molecule has 0 aliphatic carbocycles. The number of hydrogen-bond donors (Lipinski definition) is 5. The van der Waals surface area contributed by atoms with Crippen molar-refractivity contribution in [2.75, 3.05) is 43.9 Å². The van der Waals surface area contributed by atoms with Gasteiger partial charge in [-0.15, -0.1) is 11.3 Å². The Labute approximate surface area is 222 Å². The van der Waals surface area contributed by atoms with Crippen LogP contribution in [-0.4, -0.2) is 58.2 Å². The van der Waals surface area contributed by atoms with Gasteiger partial charge in [-0.1, -0.05) is 0 Å². The lowest BCUT2D eigenvalue weighted by atomic mass is 10.2. The predicted octanol–water partition coefficient (Wildman–Crippen LogP) is 1.25. The largest absolute Gasteiger partial charge is 0.424 e. The van der Waals surface area contributed by atoms with Gasteiger partial charge in [-0.3, -0.25) is 4.79 Å². The zero-order valence-electron chi connectivity index (χ0n) is 20.0. The average molecular weight is 585 g/mol. The van der Waals surface area contributed by atoms with E-state index in [0.29, 0.717) is 35.4 Å². The minimum Gasteiger partial charge on any atom is -0.424 e. The molecule has 1 aromatic heterocycles. The molecular weight excluding hydrogens is 558 g/mol. The van der Waals surface area contributed by atoms with Crippen molar-refractivity contribution in [3.05, 3.63) is 53.8 Å². The van der Waals surface area contributed by atoms with E-state index < -0.39 is 29.7 Å². The SMILES string of the molecule is N#Cc1ccc(OP(=O)(O)CNS(=O)(=O)c2cc3cc(N(CCN)CC(=O)NCCN)ccc3s2)cc1F. The van der Waals surface area contributed by atoms with Crippen LogP contribution >= 0.6 is 18.9 Å². The minimum absolute atomic E-state index is 0.0362. The van der Waals surface area contributed by atoms with Crippen LogP contribution in [0.15, 0.2) is 46.7 Å². The van der Waals surface area contributed by atoms with Gasteiger partial charge in [-0.2, -0.15) is 9.98 Å². The van der Waals surface area contributed by atoms with Gasteiger partial charge in [0, 0.05) is 42.6 Å². The zero-order chi connectivity index (χ0) is 27.9. The number of hydrogen-bond acceptors (Lipinski definition) is 10. The number of halogens is 1. The lowest BCUT2D eigenvalue weighted by Crippen LogP contribution is -2.41. The number of nitrogens with one attached hydrogen (secondary N) is 2. The standard InChI is InChI=1S/C22H26FN6O6PS2/c23-19-11-18(3-1-15(19)12-26)35-36(31,32)14-28-38(33,34)22-10-16-9-17(2-4-20(16)37-22)29(8-6-25)13-21(30)27-7-5-24/h1-4,9-11,28H,5-8,13-14,24-25H2,(H,27,30)(H,31,32). The molecule has 1 unspecified atom stereocenters. The first-order valence-corrected chi connectivity index (χ1v) is 15.2. The van der Waals surface area contributed by atoms with Crippen molar-refractivity contribution in [3.63, 3.8) is 0 Å². The van der Waals surface area contributed by atoms with Crippen LogP contribution in [0.2, 0.25) is 0 Å². The highest BCUT2D eigenvalue weighted by molar-refractivity contribution is 7.92. The normalized spacial score (nSPS) is 13.0. The van der Waals surface area contributed by atoms with Crippen molar-refractivity contribution in [1.29, 1.82) is 5.26 Å². The fourth-order valence-electron chi connectivity index (χ4n) is 3.31. The van der Waals surface area contributed by atoms with Gasteiger partial charge in [0.15, 0.2) is 0 Å². The van der Waals surface area contributed by atoms with Crippen LogP contribution in [0.5, 0.6) is 5.75 Å². The second-order valence-electron chi connectivity index (χ2n) is 7.92. The summed E-state index contributed by atoms with van der Waals surface area (Å²) in [4.78, 5) is 24.0. The number of benzene rings is 2. The third kappa shape index (κ3) is 7.71. The molecule has 0 bridgehead atoms. The number of carbonyl (C=O) groups is 1. The second kappa shape index (κ2) is 12.6. The van der Waals surface area contributed by atoms with E-state index in [1.54, 1.807) is 29.2 Å². The van der Waals surface area contributed by atoms with E-state index in [1.807, 2.05) is 4.72 Å². The Balaban J connectivity index is 1.74. The van der Waals surface area contributed by atoms with E-state index in [4.69, 9.17) is 21.3 Å². The summed E-state index contributed by atoms with van der Waals surface area (Å²) < 4.78 is 59.2. The smallest absolute Gasteiger partial charge is 0.391 e. The topological polar surface area (TPSA) is 201 Å². The molecule has 3 aromatic rings. The van der Waals surface area contributed by atoms with Gasteiger partial charge in [0.25, 0.3) is 10.0 Å². The molecule has 0 fully saturated rings. The first-order valence-electron chi connectivity index (χ1n) is 11.1. The Bertz CT molecular complexity index is 1510. The molecule has 0 saturated carbocycles. The number of anilines is 1. The number of nitrogens with two attached hydrogens (primary N) is 2. The first-order chi connectivity index (χ1) is 18.0. The van der Waals surface area contributed by atoms with E-state index in [1.165, 1.54) is 6.07 Å². The monoisotopic (exact) mass is 584 g/mol. The Morgan fingerprint density at radius 2 is 1.97 bits per heavy atom. The molecule has 204 valence electrons. The van der Waals surface area contributed by atoms with E-state index in [0.717, 1.165) is 29.5 Å². The number of nitriles is 1. The quantitative estimate of drug-likeness (QED) is 0.182. The lowest BCUT2D eigenvalue weighted by molar-refractivity contribution is -0.119. The molecule has 16 heteroatoms. The van der Waals surface area contributed by atoms with Gasteiger partial charge in [0.1, 0.15) is 28.1 Å². The maximum absolute atomic E-state index is 13.7. The van der Waals surface area contributed by atoms with Crippen LogP contribution in [0.3, 0.4) is 0 Å². The van der Waals surface area contributed by atoms with Gasteiger partial charge >= 0.3 is 7.60 Å². The number of amides is 1. The Hall–Kier alpha value is -3.09. The predicted molar refractivity (Wildman–Crippen MR) is 142 cm³/mol. The van der Waals surface area contributed by atoms with Crippen LogP contribution in [-0.2, 0) is 19.4 Å². The number of sulfonamides is 1. The first kappa shape index (κ1) is 29.5. The zero-order valence-corrected chi connectivity index (χ0v) is 22.5. The van der Waals surface area contributed by atoms with Gasteiger partial charge < -0.3 is 31.1 Å². The number of carbonyl (C=O) groups excluding carboxylic acids is 1. The third-order valence-electron chi connectivity index (χ3n) is 5.07. The van der Waals surface area contributed by atoms with Crippen molar-refractivity contribution < 1.29 is 31.6 Å². The maximum Gasteiger partial charge on any atom is 0.391 e. The number of rotatable bonds is 13. The van der Waals surface area contributed by atoms with Crippen molar-refractivity contribution in [2.24, 2.45) is 11.5 Å². The maximum atomic E-state index is 13.7. The number of nitrogens with zero attached hydrogens (tertiary/aromatic N) is 2. The Morgan fingerprint density at radius 1 is 1.21 bits per heavy atom. The molecule has 0 saturated heterocycles. The van der Waals surface area contributed by atoms with Crippen molar-refractivity contribution in [2.45, 2.75) is 4.21 Å². The molecule has 0 radical (unpaired) electrons. The molecule has 0 aliphatic heterocycles. The van der Waals surface area contributed by atoms with E-state index in [9.17, 15) is 27.1 Å². The highest BCUT2D eigenvalue weighted by Gasteiger charge is 2.27. The molecule has 12 nitrogen and oxygen atoms in total. The van der Waals surface area contributed by atoms with Gasteiger partial charge in [0.2, 0.25) is 5.91 Å². The molecule has 2 aromatic carbocycles. The van der Waals surface area contributed by atoms with Gasteiger partial charge in [-0.05, 0) is 41.8 Å². The van der Waals surface area contributed by atoms with E-state index >= 15 is 0 Å². The molecule has 3 rings (SSSR count). The highest BCUT2D eigenvalue weighted by atomic mass is 32.2. The summed E-state index contributed by atoms with van der Waals surface area (Å²) in [5.41, 5.74) is 11.5. The van der Waals surface area contributed by atoms with Crippen LogP contribution in [0, 0.1) is 17.1 Å². The summed E-state index contributed by atoms with van der Waals surface area (Å²) in [6.07, 6.45) is -0.974. The van der Waals surface area contributed by atoms with E-state index in [-0.39, 0.29) is 34.5 Å². The van der Waals surface area contributed by atoms with Crippen LogP contribution in [0.25, 0.3) is 10.1 Å². The number of thiophene rings is 1. The lowest BCUT2D eigenvalue weighted by Gasteiger charge is -2.23. The van der Waals surface area contributed by atoms with Gasteiger partial charge in [0.05, 0.1) is 12.1 Å².